The molecule has 0 unspecified atom stereocenters. The molecule has 0 bridgehead atoms. The van der Waals surface area contributed by atoms with Gasteiger partial charge in [-0.3, -0.25) is 0 Å². The molecule has 13 heavy (non-hydrogen) atoms. The van der Waals surface area contributed by atoms with E-state index in [9.17, 15) is 13.2 Å². The van der Waals surface area contributed by atoms with Crippen molar-refractivity contribution in [3.8, 4) is 0 Å². The summed E-state index contributed by atoms with van der Waals surface area (Å²) in [7, 11) is 1.21. The van der Waals surface area contributed by atoms with Crippen molar-refractivity contribution in [3.63, 3.8) is 0 Å². The summed E-state index contributed by atoms with van der Waals surface area (Å²) in [5, 5.41) is 0. The van der Waals surface area contributed by atoms with Crippen LogP contribution in [0.15, 0.2) is 29.2 Å². The molecule has 0 spiro atoms. The van der Waals surface area contributed by atoms with Gasteiger partial charge < -0.3 is 0 Å². The Kier molecular flexibility index (Phi) is 3.78. The summed E-state index contributed by atoms with van der Waals surface area (Å²) in [5.41, 5.74) is -0.552. The highest BCUT2D eigenvalue weighted by Crippen LogP contribution is 2.40. The first-order chi connectivity index (χ1) is 6.05. The molecule has 0 atom stereocenters. The molecule has 1 aromatic rings. The van der Waals surface area contributed by atoms with Crippen LogP contribution in [0.25, 0.3) is 0 Å². The number of hydrogen-bond acceptors (Lipinski definition) is 1. The van der Waals surface area contributed by atoms with Crippen LogP contribution in [-0.2, 0) is 6.18 Å². The molecular formula is C8H6F3IS. The van der Waals surface area contributed by atoms with E-state index in [0.717, 1.165) is 6.07 Å². The zero-order valence-corrected chi connectivity index (χ0v) is 9.41. The zero-order valence-electron chi connectivity index (χ0n) is 6.44. The van der Waals surface area contributed by atoms with Gasteiger partial charge in [0.05, 0.1) is 5.56 Å². The Hall–Kier alpha value is -0.0400. The lowest BCUT2D eigenvalue weighted by molar-refractivity contribution is -0.139. The Balaban J connectivity index is 3.11. The van der Waals surface area contributed by atoms with Crippen molar-refractivity contribution in [2.45, 2.75) is 11.1 Å². The van der Waals surface area contributed by atoms with Crippen LogP contribution in [0, 0.1) is 0 Å². The van der Waals surface area contributed by atoms with Crippen molar-refractivity contribution in [1.82, 2.24) is 0 Å². The Bertz CT molecular complexity index is 309. The van der Waals surface area contributed by atoms with Crippen LogP contribution in [-0.4, -0.2) is 4.51 Å². The van der Waals surface area contributed by atoms with Crippen molar-refractivity contribution < 1.29 is 13.2 Å². The minimum Gasteiger partial charge on any atom is -0.166 e. The van der Waals surface area contributed by atoms with Gasteiger partial charge >= 0.3 is 6.18 Å². The predicted molar refractivity (Wildman–Crippen MR) is 58.4 cm³/mol. The van der Waals surface area contributed by atoms with Crippen molar-refractivity contribution in [3.05, 3.63) is 29.8 Å². The lowest BCUT2D eigenvalue weighted by Gasteiger charge is -2.09. The van der Waals surface area contributed by atoms with Gasteiger partial charge in [0.2, 0.25) is 0 Å². The van der Waals surface area contributed by atoms with Gasteiger partial charge in [-0.1, -0.05) is 44.9 Å². The first kappa shape index (κ1) is 11.0. The van der Waals surface area contributed by atoms with E-state index in [0.29, 0.717) is 0 Å². The molecule has 1 rings (SSSR count). The standard InChI is InChI=1S/C8H6F3IS/c1-12-13-7-5-3-2-4-6(7)8(9,10)11/h2-5H,1H2. The number of benzene rings is 1. The summed E-state index contributed by atoms with van der Waals surface area (Å²) < 4.78 is 40.7. The van der Waals surface area contributed by atoms with E-state index in [1.807, 2.05) is 0 Å². The smallest absolute Gasteiger partial charge is 0.166 e. The molecule has 0 aliphatic rings. The van der Waals surface area contributed by atoms with Crippen LogP contribution >= 0.6 is 28.3 Å². The molecule has 0 amide bonds. The predicted octanol–water partition coefficient (Wildman–Crippen LogP) is 4.12. The molecule has 0 aliphatic carbocycles. The molecule has 0 aromatic heterocycles. The van der Waals surface area contributed by atoms with Gasteiger partial charge in [-0.15, -0.1) is 0 Å². The number of halogens is 4. The zero-order chi connectivity index (χ0) is 9.90. The third-order valence-electron chi connectivity index (χ3n) is 1.33. The Morgan fingerprint density at radius 3 is 2.38 bits per heavy atom. The molecule has 0 heterocycles. The van der Waals surface area contributed by atoms with Gasteiger partial charge in [-0.25, -0.2) is 0 Å². The van der Waals surface area contributed by atoms with Crippen molar-refractivity contribution in [2.75, 3.05) is 0 Å². The first-order valence-electron chi connectivity index (χ1n) is 3.27. The van der Waals surface area contributed by atoms with Crippen molar-refractivity contribution in [2.24, 2.45) is 0 Å². The molecule has 72 valence electrons. The highest BCUT2D eigenvalue weighted by molar-refractivity contribution is 14.2. The Morgan fingerprint density at radius 2 is 1.85 bits per heavy atom. The fourth-order valence-corrected chi connectivity index (χ4v) is 3.50. The molecular weight excluding hydrogens is 312 g/mol. The second kappa shape index (κ2) is 4.45. The first-order valence-corrected chi connectivity index (χ1v) is 8.15. The van der Waals surface area contributed by atoms with E-state index in [-0.39, 0.29) is 4.90 Å². The fourth-order valence-electron chi connectivity index (χ4n) is 0.827. The maximum Gasteiger partial charge on any atom is 0.417 e. The fraction of sp³-hybridized carbons (Fsp3) is 0.125. The quantitative estimate of drug-likeness (QED) is 0.740. The van der Waals surface area contributed by atoms with Gasteiger partial charge in [0.25, 0.3) is 0 Å². The number of alkyl halides is 3. The summed E-state index contributed by atoms with van der Waals surface area (Å²) in [6.07, 6.45) is -4.25. The third-order valence-corrected chi connectivity index (χ3v) is 4.32. The lowest BCUT2D eigenvalue weighted by atomic mass is 10.2. The van der Waals surface area contributed by atoms with Gasteiger partial charge in [-0.2, -0.15) is 13.2 Å². The maximum absolute atomic E-state index is 12.4. The van der Waals surface area contributed by atoms with E-state index in [4.69, 9.17) is 0 Å². The Labute approximate surface area is 86.7 Å². The second-order valence-electron chi connectivity index (χ2n) is 2.18. The molecule has 0 radical (unpaired) electrons. The molecule has 0 aliphatic heterocycles. The largest absolute Gasteiger partial charge is 0.417 e. The van der Waals surface area contributed by atoms with E-state index < -0.39 is 31.1 Å². The van der Waals surface area contributed by atoms with E-state index in [1.165, 1.54) is 21.1 Å². The van der Waals surface area contributed by atoms with Gasteiger partial charge in [0.15, 0.2) is 0 Å². The van der Waals surface area contributed by atoms with Crippen LogP contribution in [0.1, 0.15) is 5.56 Å². The summed E-state index contributed by atoms with van der Waals surface area (Å²) in [4.78, 5) is 0.290. The van der Waals surface area contributed by atoms with Crippen LogP contribution in [0.5, 0.6) is 0 Å². The molecule has 5 heteroatoms. The van der Waals surface area contributed by atoms with Crippen molar-refractivity contribution in [1.29, 1.82) is 0 Å². The molecule has 0 N–H and O–H groups in total. The van der Waals surface area contributed by atoms with Gasteiger partial charge in [0.1, 0.15) is 0 Å². The highest BCUT2D eigenvalue weighted by Gasteiger charge is 2.32. The minimum atomic E-state index is -4.25. The molecule has 0 nitrogen and oxygen atoms in total. The maximum atomic E-state index is 12.4. The Morgan fingerprint density at radius 1 is 1.23 bits per heavy atom. The summed E-state index contributed by atoms with van der Waals surface area (Å²) >= 11 is -0.470. The highest BCUT2D eigenvalue weighted by atomic mass is 127. The van der Waals surface area contributed by atoms with Crippen LogP contribution in [0.3, 0.4) is 0 Å². The monoisotopic (exact) mass is 318 g/mol. The SMILES string of the molecule is C=ISc1ccccc1C(F)(F)F. The van der Waals surface area contributed by atoms with Crippen LogP contribution in [0.2, 0.25) is 0 Å². The second-order valence-corrected chi connectivity index (χ2v) is 6.18. The van der Waals surface area contributed by atoms with E-state index >= 15 is 0 Å². The molecule has 0 saturated heterocycles. The summed E-state index contributed by atoms with van der Waals surface area (Å²) in [6, 6.07) is 5.59. The normalized spacial score (nSPS) is 11.6. The summed E-state index contributed by atoms with van der Waals surface area (Å²) in [5.74, 6) is 0. The molecule has 1 aromatic carbocycles. The average Bonchev–Trinajstić information content (AvgIpc) is 2.04. The van der Waals surface area contributed by atoms with Crippen LogP contribution < -0.4 is 0 Å². The molecule has 0 fully saturated rings. The van der Waals surface area contributed by atoms with E-state index in [2.05, 4.69) is 4.51 Å². The number of hydrogen-bond donors (Lipinski definition) is 0. The van der Waals surface area contributed by atoms with Crippen LogP contribution in [0.4, 0.5) is 13.2 Å². The third kappa shape index (κ3) is 2.98. The van der Waals surface area contributed by atoms with Gasteiger partial charge in [-0.05, 0) is 12.1 Å². The topological polar surface area (TPSA) is 0 Å². The van der Waals surface area contributed by atoms with Crippen molar-refractivity contribution >= 4 is 32.8 Å². The minimum absolute atomic E-state index is 0.290. The van der Waals surface area contributed by atoms with Gasteiger partial charge in [0, 0.05) is 4.90 Å². The number of rotatable bonds is 2. The lowest BCUT2D eigenvalue weighted by Crippen LogP contribution is -2.05. The summed E-state index contributed by atoms with van der Waals surface area (Å²) in [6.45, 7) is 0. The van der Waals surface area contributed by atoms with E-state index in [1.54, 1.807) is 6.07 Å². The average molecular weight is 318 g/mol. The molecule has 0 saturated carbocycles.